The fourth-order valence-corrected chi connectivity index (χ4v) is 9.91. The third-order valence-electron chi connectivity index (χ3n) is 12.7. The Balaban J connectivity index is 1.07. The van der Waals surface area contributed by atoms with Gasteiger partial charge in [0.1, 0.15) is 0 Å². The van der Waals surface area contributed by atoms with Crippen LogP contribution in [0.1, 0.15) is 119 Å². The van der Waals surface area contributed by atoms with Gasteiger partial charge in [-0.3, -0.25) is 4.90 Å². The van der Waals surface area contributed by atoms with E-state index in [1.807, 2.05) is 6.07 Å². The number of aromatic nitrogens is 1. The quantitative estimate of drug-likeness (QED) is 0.102. The molecule has 8 rings (SSSR count). The lowest BCUT2D eigenvalue weighted by atomic mass is 9.49. The number of piperidine rings is 1. The fraction of sp³-hybridized carbons (Fsp3) is 0.619. The summed E-state index contributed by atoms with van der Waals surface area (Å²) in [4.78, 5) is 31.7. The Hall–Kier alpha value is -3.76. The number of benzene rings is 2. The molecule has 1 saturated heterocycles. The molecule has 10 heteroatoms. The number of ether oxygens (including phenoxy) is 2. The highest BCUT2D eigenvalue weighted by atomic mass is 16.6. The van der Waals surface area contributed by atoms with E-state index in [2.05, 4.69) is 63.9 Å². The first-order chi connectivity index (χ1) is 25.4. The summed E-state index contributed by atoms with van der Waals surface area (Å²) >= 11 is 0. The molecule has 0 unspecified atom stereocenters. The van der Waals surface area contributed by atoms with E-state index in [1.54, 1.807) is 0 Å². The number of hydrogen-bond donors (Lipinski definition) is 5. The Morgan fingerprint density at radius 2 is 1.75 bits per heavy atom. The molecule has 2 aromatic carbocycles. The molecule has 5 aliphatic rings. The van der Waals surface area contributed by atoms with Crippen molar-refractivity contribution in [3.63, 3.8) is 0 Å². The van der Waals surface area contributed by atoms with Crippen LogP contribution in [0, 0.1) is 5.92 Å². The third kappa shape index (κ3) is 6.23. The van der Waals surface area contributed by atoms with Crippen LogP contribution >= 0.6 is 0 Å². The molecule has 1 aromatic heterocycles. The van der Waals surface area contributed by atoms with Gasteiger partial charge >= 0.3 is 12.1 Å². The van der Waals surface area contributed by atoms with E-state index in [4.69, 9.17) is 9.47 Å². The highest BCUT2D eigenvalue weighted by Crippen LogP contribution is 2.69. The minimum Gasteiger partial charge on any atom is -0.479 e. The highest BCUT2D eigenvalue weighted by Gasteiger charge is 2.73. The highest BCUT2D eigenvalue weighted by molar-refractivity contribution is 5.87. The molecule has 52 heavy (non-hydrogen) atoms. The van der Waals surface area contributed by atoms with Gasteiger partial charge in [-0.15, -0.1) is 0 Å². The summed E-state index contributed by atoms with van der Waals surface area (Å²) in [6, 6.07) is 10.3. The molecule has 280 valence electrons. The fourth-order valence-electron chi connectivity index (χ4n) is 9.91. The van der Waals surface area contributed by atoms with Gasteiger partial charge in [-0.25, -0.2) is 9.59 Å². The van der Waals surface area contributed by atoms with Gasteiger partial charge in [0.25, 0.3) is 0 Å². The summed E-state index contributed by atoms with van der Waals surface area (Å²) in [5.74, 6) is 1.75. The average molecular weight is 712 g/mol. The van der Waals surface area contributed by atoms with E-state index < -0.39 is 23.2 Å². The Morgan fingerprint density at radius 3 is 2.52 bits per heavy atom. The van der Waals surface area contributed by atoms with Gasteiger partial charge in [0.2, 0.25) is 0 Å². The summed E-state index contributed by atoms with van der Waals surface area (Å²) in [6.45, 7) is 8.12. The van der Waals surface area contributed by atoms with E-state index in [9.17, 15) is 14.7 Å². The number of aromatic amines is 1. The number of fused-ring (bicyclic) bond motifs is 4. The molecule has 3 amide bonds. The van der Waals surface area contributed by atoms with Crippen LogP contribution < -0.4 is 25.4 Å². The molecule has 5 N–H and O–H groups in total. The van der Waals surface area contributed by atoms with Crippen molar-refractivity contribution in [1.82, 2.24) is 25.8 Å². The summed E-state index contributed by atoms with van der Waals surface area (Å²) in [5, 5.41) is 23.4. The maximum atomic E-state index is 13.4. The number of aliphatic hydroxyl groups is 1. The van der Waals surface area contributed by atoms with Crippen molar-refractivity contribution in [2.45, 2.75) is 127 Å². The van der Waals surface area contributed by atoms with Crippen molar-refractivity contribution >= 4 is 23.0 Å². The van der Waals surface area contributed by atoms with E-state index in [0.29, 0.717) is 49.9 Å². The monoisotopic (exact) mass is 711 g/mol. The molecule has 4 atom stereocenters. The Morgan fingerprint density at radius 1 is 0.981 bits per heavy atom. The predicted molar refractivity (Wildman–Crippen MR) is 202 cm³/mol. The minimum atomic E-state index is -1.06. The minimum absolute atomic E-state index is 0.0319. The number of rotatable bonds is 16. The molecule has 2 bridgehead atoms. The van der Waals surface area contributed by atoms with Gasteiger partial charge in [-0.05, 0) is 92.3 Å². The second kappa shape index (κ2) is 14.6. The van der Waals surface area contributed by atoms with Gasteiger partial charge in [-0.2, -0.15) is 0 Å². The first-order valence-electron chi connectivity index (χ1n) is 20.3. The molecular weight excluding hydrogens is 654 g/mol. The SMILES string of the molecule is CCCCCCNC(=O)NCCc1ccc2[nH]c3c(c2c1)C[C@@]1(O)[C@H]2Cc4ccc(OC(=O)NCCCCCC)c5c4[C@@]1(CCN2CC1CC1)[C@H]3O5. The van der Waals surface area contributed by atoms with E-state index in [-0.39, 0.29) is 12.1 Å². The van der Waals surface area contributed by atoms with Gasteiger partial charge in [0.15, 0.2) is 17.6 Å². The standard InChI is InChI=1S/C42H57N5O5/c1-3-5-7-9-19-43-39(48)44-21-17-27-13-15-32-30(23-27)31-25-42(50)34-24-29-14-16-33(51-40(49)45-20-10-8-6-4-2)37-35(29)41(42,38(52-37)36(31)46-32)18-22-47(34)26-28-11-12-28/h13-16,23,28,34,38,46,50H,3-12,17-22,24-26H2,1-2H3,(H,45,49)(H2,43,44,48)/t34-,38+,41+,42-/m1/s1. The number of hydrogen-bond acceptors (Lipinski definition) is 6. The van der Waals surface area contributed by atoms with Crippen LogP contribution in [0.4, 0.5) is 9.59 Å². The number of likely N-dealkylation sites (tertiary alicyclic amines) is 1. The van der Waals surface area contributed by atoms with Gasteiger partial charge in [-0.1, -0.05) is 64.5 Å². The van der Waals surface area contributed by atoms with E-state index >= 15 is 0 Å². The van der Waals surface area contributed by atoms with Crippen molar-refractivity contribution in [3.8, 4) is 11.5 Å². The summed E-state index contributed by atoms with van der Waals surface area (Å²) in [5.41, 5.74) is 4.81. The molecule has 2 aliphatic heterocycles. The molecular formula is C42H57N5O5. The maximum absolute atomic E-state index is 13.4. The molecule has 2 fully saturated rings. The summed E-state index contributed by atoms with van der Waals surface area (Å²) in [6.07, 6.45) is 13.2. The predicted octanol–water partition coefficient (Wildman–Crippen LogP) is 6.96. The Labute approximate surface area is 307 Å². The number of carbonyl (C=O) groups is 2. The van der Waals surface area contributed by atoms with Gasteiger partial charge < -0.3 is 35.5 Å². The third-order valence-corrected chi connectivity index (χ3v) is 12.7. The van der Waals surface area contributed by atoms with Gasteiger partial charge in [0.05, 0.1) is 16.7 Å². The second-order valence-electron chi connectivity index (χ2n) is 16.2. The molecule has 0 radical (unpaired) electrons. The lowest BCUT2D eigenvalue weighted by Crippen LogP contribution is -2.74. The van der Waals surface area contributed by atoms with Crippen LogP contribution in [0.5, 0.6) is 11.5 Å². The first-order valence-corrected chi connectivity index (χ1v) is 20.3. The van der Waals surface area contributed by atoms with Gasteiger partial charge in [0, 0.05) is 55.1 Å². The van der Waals surface area contributed by atoms with E-state index in [1.165, 1.54) is 31.2 Å². The summed E-state index contributed by atoms with van der Waals surface area (Å²) in [7, 11) is 0. The first kappa shape index (κ1) is 35.3. The zero-order valence-corrected chi connectivity index (χ0v) is 31.1. The number of unbranched alkanes of at least 4 members (excludes halogenated alkanes) is 6. The van der Waals surface area contributed by atoms with Crippen LogP contribution in [0.15, 0.2) is 30.3 Å². The molecule has 3 aromatic rings. The molecule has 3 heterocycles. The van der Waals surface area contributed by atoms with Crippen molar-refractivity contribution in [2.24, 2.45) is 5.92 Å². The van der Waals surface area contributed by atoms with Crippen molar-refractivity contribution < 1.29 is 24.2 Å². The smallest absolute Gasteiger partial charge is 0.412 e. The van der Waals surface area contributed by atoms with E-state index in [0.717, 1.165) is 97.7 Å². The lowest BCUT2D eigenvalue weighted by Gasteiger charge is -2.62. The Bertz CT molecular complexity index is 1800. The zero-order chi connectivity index (χ0) is 35.9. The number of nitrogens with zero attached hydrogens (tertiary/aromatic N) is 1. The van der Waals surface area contributed by atoms with Crippen LogP contribution in [0.2, 0.25) is 0 Å². The normalized spacial score (nSPS) is 25.3. The number of amides is 3. The average Bonchev–Trinajstić information content (AvgIpc) is 3.78. The van der Waals surface area contributed by atoms with Crippen LogP contribution in [-0.4, -0.2) is 71.5 Å². The maximum Gasteiger partial charge on any atom is 0.412 e. The molecule has 3 aliphatic carbocycles. The zero-order valence-electron chi connectivity index (χ0n) is 31.1. The number of carbonyl (C=O) groups excluding carboxylic acids is 2. The topological polar surface area (TPSA) is 128 Å². The molecule has 1 saturated carbocycles. The molecule has 1 spiro atoms. The van der Waals surface area contributed by atoms with Crippen LogP contribution in [-0.2, 0) is 24.7 Å². The van der Waals surface area contributed by atoms with Crippen LogP contribution in [0.25, 0.3) is 10.9 Å². The summed E-state index contributed by atoms with van der Waals surface area (Å²) < 4.78 is 13.0. The second-order valence-corrected chi connectivity index (χ2v) is 16.2. The Kier molecular flexibility index (Phi) is 9.89. The largest absolute Gasteiger partial charge is 0.479 e. The number of H-pyrrole nitrogens is 1. The van der Waals surface area contributed by atoms with Crippen molar-refractivity contribution in [2.75, 3.05) is 32.7 Å². The lowest BCUT2D eigenvalue weighted by molar-refractivity contribution is -0.173. The number of nitrogens with one attached hydrogen (secondary N) is 4. The molecule has 10 nitrogen and oxygen atoms in total. The van der Waals surface area contributed by atoms with Crippen molar-refractivity contribution in [1.29, 1.82) is 0 Å². The van der Waals surface area contributed by atoms with Crippen LogP contribution in [0.3, 0.4) is 0 Å². The number of urea groups is 1. The van der Waals surface area contributed by atoms with Crippen molar-refractivity contribution in [3.05, 3.63) is 58.3 Å².